The van der Waals surface area contributed by atoms with E-state index in [0.717, 1.165) is 12.0 Å². The number of nitrogens with two attached hydrogens (primary N) is 1. The topological polar surface area (TPSA) is 72.2 Å². The van der Waals surface area contributed by atoms with Crippen LogP contribution in [0.2, 0.25) is 0 Å². The summed E-state index contributed by atoms with van der Waals surface area (Å²) in [6.07, 6.45) is 1.23. The van der Waals surface area contributed by atoms with Gasteiger partial charge in [-0.1, -0.05) is 6.07 Å². The number of aryl methyl sites for hydroxylation is 1. The SMILES string of the molecule is NC(=O)c1ccc2c(c1)NC(=O)CC2. The van der Waals surface area contributed by atoms with E-state index < -0.39 is 5.91 Å². The van der Waals surface area contributed by atoms with E-state index in [2.05, 4.69) is 5.32 Å². The molecule has 0 atom stereocenters. The molecule has 72 valence electrons. The van der Waals surface area contributed by atoms with Gasteiger partial charge in [0.2, 0.25) is 11.8 Å². The smallest absolute Gasteiger partial charge is 0.248 e. The number of fused-ring (bicyclic) bond motifs is 1. The van der Waals surface area contributed by atoms with E-state index in [4.69, 9.17) is 5.73 Å². The number of carbonyl (C=O) groups excluding carboxylic acids is 2. The molecule has 4 nitrogen and oxygen atoms in total. The predicted molar refractivity (Wildman–Crippen MR) is 51.9 cm³/mol. The summed E-state index contributed by atoms with van der Waals surface area (Å²) < 4.78 is 0. The molecule has 0 aliphatic carbocycles. The summed E-state index contributed by atoms with van der Waals surface area (Å²) in [5.41, 5.74) is 7.31. The van der Waals surface area contributed by atoms with Crippen LogP contribution in [0, 0.1) is 0 Å². The number of hydrogen-bond acceptors (Lipinski definition) is 2. The Balaban J connectivity index is 2.42. The maximum absolute atomic E-state index is 11.1. The molecule has 0 aromatic heterocycles. The molecule has 4 heteroatoms. The zero-order valence-corrected chi connectivity index (χ0v) is 7.54. The van der Waals surface area contributed by atoms with Crippen molar-refractivity contribution in [2.75, 3.05) is 5.32 Å². The number of benzene rings is 1. The molecule has 1 aliphatic heterocycles. The molecule has 0 fully saturated rings. The fourth-order valence-corrected chi connectivity index (χ4v) is 1.52. The number of nitrogens with one attached hydrogen (secondary N) is 1. The Bertz CT molecular complexity index is 413. The normalized spacial score (nSPS) is 14.4. The lowest BCUT2D eigenvalue weighted by Crippen LogP contribution is -2.20. The van der Waals surface area contributed by atoms with Gasteiger partial charge in [0.1, 0.15) is 0 Å². The van der Waals surface area contributed by atoms with Crippen molar-refractivity contribution in [3.8, 4) is 0 Å². The lowest BCUT2D eigenvalue weighted by Gasteiger charge is -2.16. The minimum atomic E-state index is -0.479. The largest absolute Gasteiger partial charge is 0.366 e. The molecule has 2 amide bonds. The van der Waals surface area contributed by atoms with Crippen molar-refractivity contribution in [1.29, 1.82) is 0 Å². The number of primary amides is 1. The first-order valence-corrected chi connectivity index (χ1v) is 4.39. The Labute approximate surface area is 81.1 Å². The molecule has 14 heavy (non-hydrogen) atoms. The molecule has 0 radical (unpaired) electrons. The highest BCUT2D eigenvalue weighted by atomic mass is 16.2. The van der Waals surface area contributed by atoms with Crippen molar-refractivity contribution in [2.45, 2.75) is 12.8 Å². The number of carbonyl (C=O) groups is 2. The van der Waals surface area contributed by atoms with Gasteiger partial charge in [0.25, 0.3) is 0 Å². The summed E-state index contributed by atoms with van der Waals surface area (Å²) in [4.78, 5) is 22.0. The summed E-state index contributed by atoms with van der Waals surface area (Å²) in [5, 5.41) is 2.71. The average Bonchev–Trinajstić information content (AvgIpc) is 2.16. The monoisotopic (exact) mass is 190 g/mol. The van der Waals surface area contributed by atoms with E-state index in [1.54, 1.807) is 12.1 Å². The van der Waals surface area contributed by atoms with Gasteiger partial charge in [-0.15, -0.1) is 0 Å². The average molecular weight is 190 g/mol. The molecule has 2 rings (SSSR count). The highest BCUT2D eigenvalue weighted by molar-refractivity contribution is 5.98. The Morgan fingerprint density at radius 3 is 2.86 bits per heavy atom. The molecular weight excluding hydrogens is 180 g/mol. The Morgan fingerprint density at radius 1 is 1.36 bits per heavy atom. The summed E-state index contributed by atoms with van der Waals surface area (Å²) in [5.74, 6) is -0.494. The van der Waals surface area contributed by atoms with Crippen molar-refractivity contribution in [2.24, 2.45) is 5.73 Å². The maximum Gasteiger partial charge on any atom is 0.248 e. The van der Waals surface area contributed by atoms with Crippen LogP contribution in [0.4, 0.5) is 5.69 Å². The van der Waals surface area contributed by atoms with Gasteiger partial charge in [-0.25, -0.2) is 0 Å². The fourth-order valence-electron chi connectivity index (χ4n) is 1.52. The molecule has 3 N–H and O–H groups in total. The predicted octanol–water partition coefficient (Wildman–Crippen LogP) is 0.670. The van der Waals surface area contributed by atoms with Gasteiger partial charge in [0, 0.05) is 17.7 Å². The molecule has 0 bridgehead atoms. The summed E-state index contributed by atoms with van der Waals surface area (Å²) in [6, 6.07) is 5.13. The lowest BCUT2D eigenvalue weighted by molar-refractivity contribution is -0.116. The highest BCUT2D eigenvalue weighted by Crippen LogP contribution is 2.23. The molecular formula is C10H10N2O2. The van der Waals surface area contributed by atoms with Crippen LogP contribution in [-0.2, 0) is 11.2 Å². The minimum Gasteiger partial charge on any atom is -0.366 e. The highest BCUT2D eigenvalue weighted by Gasteiger charge is 2.15. The Morgan fingerprint density at radius 2 is 2.14 bits per heavy atom. The summed E-state index contributed by atoms with van der Waals surface area (Å²) in [6.45, 7) is 0. The molecule has 0 saturated carbocycles. The second kappa shape index (κ2) is 3.14. The number of hydrogen-bond donors (Lipinski definition) is 2. The van der Waals surface area contributed by atoms with Gasteiger partial charge in [-0.2, -0.15) is 0 Å². The van der Waals surface area contributed by atoms with Crippen molar-refractivity contribution < 1.29 is 9.59 Å². The standard InChI is InChI=1S/C10H10N2O2/c11-10(14)7-2-1-6-3-4-9(13)12-8(6)5-7/h1-2,5H,3-4H2,(H2,11,14)(H,12,13). The summed E-state index contributed by atoms with van der Waals surface area (Å²) in [7, 11) is 0. The fraction of sp³-hybridized carbons (Fsp3) is 0.200. The van der Waals surface area contributed by atoms with E-state index in [9.17, 15) is 9.59 Å². The second-order valence-electron chi connectivity index (χ2n) is 3.28. The maximum atomic E-state index is 11.1. The first kappa shape index (κ1) is 8.74. The van der Waals surface area contributed by atoms with E-state index in [1.165, 1.54) is 0 Å². The Kier molecular flexibility index (Phi) is 1.96. The zero-order valence-electron chi connectivity index (χ0n) is 7.54. The van der Waals surface area contributed by atoms with Crippen molar-refractivity contribution >= 4 is 17.5 Å². The molecule has 1 aromatic carbocycles. The minimum absolute atomic E-state index is 0.0147. The third-order valence-corrected chi connectivity index (χ3v) is 2.29. The number of rotatable bonds is 1. The van der Waals surface area contributed by atoms with Crippen LogP contribution >= 0.6 is 0 Å². The van der Waals surface area contributed by atoms with E-state index >= 15 is 0 Å². The van der Waals surface area contributed by atoms with Crippen LogP contribution in [0.3, 0.4) is 0 Å². The first-order valence-electron chi connectivity index (χ1n) is 4.39. The number of anilines is 1. The van der Waals surface area contributed by atoms with Crippen molar-refractivity contribution in [3.05, 3.63) is 29.3 Å². The van der Waals surface area contributed by atoms with Crippen LogP contribution in [0.5, 0.6) is 0 Å². The second-order valence-corrected chi connectivity index (χ2v) is 3.28. The third-order valence-electron chi connectivity index (χ3n) is 2.29. The van der Waals surface area contributed by atoms with Gasteiger partial charge < -0.3 is 11.1 Å². The zero-order chi connectivity index (χ0) is 10.1. The number of amides is 2. The van der Waals surface area contributed by atoms with Crippen LogP contribution in [0.15, 0.2) is 18.2 Å². The van der Waals surface area contributed by atoms with Crippen LogP contribution in [0.25, 0.3) is 0 Å². The quantitative estimate of drug-likeness (QED) is 0.683. The van der Waals surface area contributed by atoms with E-state index in [1.807, 2.05) is 6.07 Å². The van der Waals surface area contributed by atoms with Crippen molar-refractivity contribution in [1.82, 2.24) is 0 Å². The third kappa shape index (κ3) is 1.46. The van der Waals surface area contributed by atoms with Gasteiger partial charge in [0.05, 0.1) is 0 Å². The van der Waals surface area contributed by atoms with Crippen LogP contribution in [0.1, 0.15) is 22.3 Å². The lowest BCUT2D eigenvalue weighted by atomic mass is 10.0. The van der Waals surface area contributed by atoms with Crippen LogP contribution < -0.4 is 11.1 Å². The van der Waals surface area contributed by atoms with Gasteiger partial charge in [-0.05, 0) is 24.1 Å². The Hall–Kier alpha value is -1.84. The van der Waals surface area contributed by atoms with Crippen molar-refractivity contribution in [3.63, 3.8) is 0 Å². The van der Waals surface area contributed by atoms with Crippen LogP contribution in [-0.4, -0.2) is 11.8 Å². The molecule has 0 unspecified atom stereocenters. The molecule has 1 heterocycles. The molecule has 1 aliphatic rings. The summed E-state index contributed by atoms with van der Waals surface area (Å²) >= 11 is 0. The van der Waals surface area contributed by atoms with Gasteiger partial charge in [-0.3, -0.25) is 9.59 Å². The molecule has 0 spiro atoms. The van der Waals surface area contributed by atoms with E-state index in [0.29, 0.717) is 17.7 Å². The molecule has 0 saturated heterocycles. The molecule has 1 aromatic rings. The van der Waals surface area contributed by atoms with E-state index in [-0.39, 0.29) is 5.91 Å². The van der Waals surface area contributed by atoms with Gasteiger partial charge in [0.15, 0.2) is 0 Å². The first-order chi connectivity index (χ1) is 6.66. The van der Waals surface area contributed by atoms with Gasteiger partial charge >= 0.3 is 0 Å².